The van der Waals surface area contributed by atoms with E-state index in [1.807, 2.05) is 62.4 Å². The predicted octanol–water partition coefficient (Wildman–Crippen LogP) is 6.00. The van der Waals surface area contributed by atoms with Gasteiger partial charge in [0.05, 0.1) is 0 Å². The molecule has 0 radical (unpaired) electrons. The molecule has 3 aromatic carbocycles. The summed E-state index contributed by atoms with van der Waals surface area (Å²) in [4.78, 5) is 12.0. The van der Waals surface area contributed by atoms with E-state index in [1.54, 1.807) is 12.1 Å². The summed E-state index contributed by atoms with van der Waals surface area (Å²) in [5.41, 5.74) is 3.59. The molecule has 2 N–H and O–H groups in total. The number of benzene rings is 3. The van der Waals surface area contributed by atoms with Gasteiger partial charge < -0.3 is 15.4 Å². The van der Waals surface area contributed by atoms with Gasteiger partial charge in [-0.3, -0.25) is 4.79 Å². The summed E-state index contributed by atoms with van der Waals surface area (Å²) in [6.45, 7) is 4.98. The zero-order valence-electron chi connectivity index (χ0n) is 17.3. The maximum atomic E-state index is 13.1. The van der Waals surface area contributed by atoms with Crippen LogP contribution in [0.3, 0.4) is 0 Å². The fraction of sp³-hybridized carbons (Fsp3) is 0.240. The van der Waals surface area contributed by atoms with E-state index in [4.69, 9.17) is 4.74 Å². The van der Waals surface area contributed by atoms with Crippen molar-refractivity contribution in [2.45, 2.75) is 33.4 Å². The molecule has 0 saturated carbocycles. The minimum Gasteiger partial charge on any atom is -0.489 e. The highest BCUT2D eigenvalue weighted by Crippen LogP contribution is 2.22. The first kappa shape index (κ1) is 21.4. The van der Waals surface area contributed by atoms with E-state index >= 15 is 0 Å². The molecule has 0 spiro atoms. The van der Waals surface area contributed by atoms with Crippen molar-refractivity contribution in [3.05, 3.63) is 89.7 Å². The fourth-order valence-corrected chi connectivity index (χ4v) is 3.02. The standard InChI is InChI=1S/C25H27FN2O2/c1-18(2)14-25(29)28-23-8-5-7-22(15-23)27-16-20-6-3-4-9-24(20)30-17-19-10-12-21(26)13-11-19/h3-13,15,18,27H,14,16-17H2,1-2H3,(H,28,29). The Kier molecular flexibility index (Phi) is 7.44. The molecule has 4 nitrogen and oxygen atoms in total. The topological polar surface area (TPSA) is 50.4 Å². The lowest BCUT2D eigenvalue weighted by Crippen LogP contribution is -2.14. The summed E-state index contributed by atoms with van der Waals surface area (Å²) in [6, 6.07) is 21.8. The van der Waals surface area contributed by atoms with Crippen LogP contribution in [-0.4, -0.2) is 5.91 Å². The molecule has 0 aliphatic heterocycles. The summed E-state index contributed by atoms with van der Waals surface area (Å²) in [5, 5.41) is 6.32. The van der Waals surface area contributed by atoms with Gasteiger partial charge in [-0.05, 0) is 47.9 Å². The molecule has 30 heavy (non-hydrogen) atoms. The lowest BCUT2D eigenvalue weighted by atomic mass is 10.1. The average Bonchev–Trinajstić information content (AvgIpc) is 2.72. The van der Waals surface area contributed by atoms with Gasteiger partial charge in [-0.25, -0.2) is 4.39 Å². The number of carbonyl (C=O) groups is 1. The number of para-hydroxylation sites is 1. The molecule has 0 aliphatic carbocycles. The van der Waals surface area contributed by atoms with Crippen LogP contribution in [0, 0.1) is 11.7 Å². The maximum Gasteiger partial charge on any atom is 0.224 e. The molecule has 3 rings (SSSR count). The van der Waals surface area contributed by atoms with Crippen molar-refractivity contribution in [2.24, 2.45) is 5.92 Å². The molecule has 156 valence electrons. The molecule has 0 fully saturated rings. The summed E-state index contributed by atoms with van der Waals surface area (Å²) in [6.07, 6.45) is 0.496. The van der Waals surface area contributed by atoms with Crippen molar-refractivity contribution in [3.63, 3.8) is 0 Å². The van der Waals surface area contributed by atoms with Gasteiger partial charge in [0.15, 0.2) is 0 Å². The van der Waals surface area contributed by atoms with E-state index in [1.165, 1.54) is 12.1 Å². The van der Waals surface area contributed by atoms with Crippen LogP contribution < -0.4 is 15.4 Å². The fourth-order valence-electron chi connectivity index (χ4n) is 3.02. The molecule has 0 bridgehead atoms. The average molecular weight is 407 g/mol. The summed E-state index contributed by atoms with van der Waals surface area (Å²) in [5.74, 6) is 0.848. The molecule has 0 aromatic heterocycles. The summed E-state index contributed by atoms with van der Waals surface area (Å²) >= 11 is 0. The zero-order valence-corrected chi connectivity index (χ0v) is 17.3. The quantitative estimate of drug-likeness (QED) is 0.458. The number of hydrogen-bond donors (Lipinski definition) is 2. The first-order valence-corrected chi connectivity index (χ1v) is 10.1. The van der Waals surface area contributed by atoms with Crippen molar-refractivity contribution in [1.82, 2.24) is 0 Å². The molecule has 5 heteroatoms. The maximum absolute atomic E-state index is 13.1. The number of rotatable bonds is 9. The van der Waals surface area contributed by atoms with Crippen LogP contribution in [0.2, 0.25) is 0 Å². The highest BCUT2D eigenvalue weighted by Gasteiger charge is 2.07. The van der Waals surface area contributed by atoms with E-state index in [9.17, 15) is 9.18 Å². The van der Waals surface area contributed by atoms with Gasteiger partial charge in [-0.1, -0.05) is 50.2 Å². The molecule has 1 amide bonds. The Morgan fingerprint density at radius 2 is 1.70 bits per heavy atom. The second-order valence-corrected chi connectivity index (χ2v) is 7.60. The Balaban J connectivity index is 1.60. The molecular weight excluding hydrogens is 379 g/mol. The third-order valence-corrected chi connectivity index (χ3v) is 4.50. The SMILES string of the molecule is CC(C)CC(=O)Nc1cccc(NCc2ccccc2OCc2ccc(F)cc2)c1. The third kappa shape index (κ3) is 6.62. The number of ether oxygens (including phenoxy) is 1. The number of carbonyl (C=O) groups excluding carboxylic acids is 1. The van der Waals surface area contributed by atoms with Crippen LogP contribution >= 0.6 is 0 Å². The van der Waals surface area contributed by atoms with Crippen LogP contribution in [0.1, 0.15) is 31.4 Å². The monoisotopic (exact) mass is 406 g/mol. The third-order valence-electron chi connectivity index (χ3n) is 4.50. The number of halogens is 1. The van der Waals surface area contributed by atoms with Crippen LogP contribution in [-0.2, 0) is 17.9 Å². The number of anilines is 2. The lowest BCUT2D eigenvalue weighted by Gasteiger charge is -2.14. The van der Waals surface area contributed by atoms with Gasteiger partial charge in [-0.2, -0.15) is 0 Å². The smallest absolute Gasteiger partial charge is 0.224 e. The van der Waals surface area contributed by atoms with Crippen LogP contribution in [0.4, 0.5) is 15.8 Å². The van der Waals surface area contributed by atoms with Crippen molar-refractivity contribution < 1.29 is 13.9 Å². The second-order valence-electron chi connectivity index (χ2n) is 7.60. The van der Waals surface area contributed by atoms with Crippen LogP contribution in [0.15, 0.2) is 72.8 Å². The highest BCUT2D eigenvalue weighted by atomic mass is 19.1. The first-order valence-electron chi connectivity index (χ1n) is 10.1. The van der Waals surface area contributed by atoms with Crippen molar-refractivity contribution >= 4 is 17.3 Å². The number of nitrogens with one attached hydrogen (secondary N) is 2. The minimum absolute atomic E-state index is 0.0155. The Bertz CT molecular complexity index is 971. The minimum atomic E-state index is -0.258. The van der Waals surface area contributed by atoms with E-state index in [0.717, 1.165) is 28.3 Å². The number of amides is 1. The second kappa shape index (κ2) is 10.4. The largest absolute Gasteiger partial charge is 0.489 e. The highest BCUT2D eigenvalue weighted by molar-refractivity contribution is 5.91. The normalized spacial score (nSPS) is 10.7. The Labute approximate surface area is 177 Å². The van der Waals surface area contributed by atoms with Gasteiger partial charge in [0.2, 0.25) is 5.91 Å². The van der Waals surface area contributed by atoms with E-state index in [2.05, 4.69) is 10.6 Å². The molecule has 0 saturated heterocycles. The predicted molar refractivity (Wildman–Crippen MR) is 119 cm³/mol. The van der Waals surface area contributed by atoms with E-state index in [0.29, 0.717) is 25.5 Å². The van der Waals surface area contributed by atoms with Gasteiger partial charge in [0.25, 0.3) is 0 Å². The molecule has 3 aromatic rings. The van der Waals surface area contributed by atoms with Crippen molar-refractivity contribution in [3.8, 4) is 5.75 Å². The Hall–Kier alpha value is -3.34. The van der Waals surface area contributed by atoms with Gasteiger partial charge in [0, 0.05) is 29.9 Å². The van der Waals surface area contributed by atoms with Crippen LogP contribution in [0.5, 0.6) is 5.75 Å². The van der Waals surface area contributed by atoms with Gasteiger partial charge >= 0.3 is 0 Å². The first-order chi connectivity index (χ1) is 14.5. The van der Waals surface area contributed by atoms with Crippen molar-refractivity contribution in [2.75, 3.05) is 10.6 Å². The Morgan fingerprint density at radius 1 is 0.967 bits per heavy atom. The molecular formula is C25H27FN2O2. The van der Waals surface area contributed by atoms with Gasteiger partial charge in [-0.15, -0.1) is 0 Å². The lowest BCUT2D eigenvalue weighted by molar-refractivity contribution is -0.116. The molecule has 0 aliphatic rings. The van der Waals surface area contributed by atoms with Gasteiger partial charge in [0.1, 0.15) is 18.2 Å². The van der Waals surface area contributed by atoms with Crippen molar-refractivity contribution in [1.29, 1.82) is 0 Å². The molecule has 0 unspecified atom stereocenters. The zero-order chi connectivity index (χ0) is 21.3. The number of hydrogen-bond acceptors (Lipinski definition) is 3. The summed E-state index contributed by atoms with van der Waals surface area (Å²) < 4.78 is 19.0. The van der Waals surface area contributed by atoms with E-state index in [-0.39, 0.29) is 11.7 Å². The van der Waals surface area contributed by atoms with Crippen LogP contribution in [0.25, 0.3) is 0 Å². The Morgan fingerprint density at radius 3 is 2.47 bits per heavy atom. The molecule has 0 heterocycles. The molecule has 0 atom stereocenters. The summed E-state index contributed by atoms with van der Waals surface area (Å²) in [7, 11) is 0. The van der Waals surface area contributed by atoms with E-state index < -0.39 is 0 Å².